The molecule has 2 aromatic carbocycles. The van der Waals surface area contributed by atoms with Gasteiger partial charge >= 0.3 is 0 Å². The van der Waals surface area contributed by atoms with Gasteiger partial charge in [0.15, 0.2) is 0 Å². The van der Waals surface area contributed by atoms with Crippen molar-refractivity contribution < 1.29 is 9.53 Å². The predicted molar refractivity (Wildman–Crippen MR) is 87.4 cm³/mol. The normalized spacial score (nSPS) is 10.6. The number of halogens is 1. The van der Waals surface area contributed by atoms with Crippen LogP contribution < -0.4 is 4.74 Å². The summed E-state index contributed by atoms with van der Waals surface area (Å²) in [6.45, 7) is 2.41. The van der Waals surface area contributed by atoms with Crippen LogP contribution in [0.4, 0.5) is 0 Å². The summed E-state index contributed by atoms with van der Waals surface area (Å²) in [4.78, 5) is 15.6. The number of rotatable bonds is 4. The maximum absolute atomic E-state index is 11.0. The molecule has 0 atom stereocenters. The second-order valence-corrected chi connectivity index (χ2v) is 5.37. The summed E-state index contributed by atoms with van der Waals surface area (Å²) in [5.41, 5.74) is 3.46. The van der Waals surface area contributed by atoms with Gasteiger partial charge in [-0.15, -0.1) is 0 Å². The van der Waals surface area contributed by atoms with Crippen LogP contribution in [-0.4, -0.2) is 10.2 Å². The average Bonchev–Trinajstić information content (AvgIpc) is 2.52. The quantitative estimate of drug-likeness (QED) is 0.666. The molecule has 0 N–H and O–H groups in total. The van der Waals surface area contributed by atoms with Gasteiger partial charge in [-0.3, -0.25) is 9.78 Å². The lowest BCUT2D eigenvalue weighted by atomic mass is 10.1. The highest BCUT2D eigenvalue weighted by Crippen LogP contribution is 2.21. The van der Waals surface area contributed by atoms with Gasteiger partial charge in [0.25, 0.3) is 5.24 Å². The first-order valence-electron chi connectivity index (χ1n) is 6.91. The predicted octanol–water partition coefficient (Wildman–Crippen LogP) is 4.50. The molecule has 3 rings (SSSR count). The van der Waals surface area contributed by atoms with E-state index in [2.05, 4.69) is 4.98 Å². The molecule has 0 spiro atoms. The Balaban J connectivity index is 1.83. The Bertz CT molecular complexity index is 828. The monoisotopic (exact) mass is 311 g/mol. The Morgan fingerprint density at radius 2 is 1.86 bits per heavy atom. The van der Waals surface area contributed by atoms with Gasteiger partial charge in [-0.1, -0.05) is 18.2 Å². The van der Waals surface area contributed by atoms with Crippen LogP contribution in [0.3, 0.4) is 0 Å². The minimum atomic E-state index is -0.470. The maximum Gasteiger partial charge on any atom is 0.252 e. The van der Waals surface area contributed by atoms with E-state index in [0.29, 0.717) is 17.9 Å². The summed E-state index contributed by atoms with van der Waals surface area (Å²) in [6.07, 6.45) is 0. The van der Waals surface area contributed by atoms with Crippen molar-refractivity contribution in [2.45, 2.75) is 13.5 Å². The third-order valence-electron chi connectivity index (χ3n) is 3.41. The molecule has 0 aliphatic rings. The Labute approximate surface area is 133 Å². The number of aryl methyl sites for hydroxylation is 1. The Kier molecular flexibility index (Phi) is 4.07. The first-order valence-corrected chi connectivity index (χ1v) is 7.29. The fraction of sp³-hybridized carbons (Fsp3) is 0.111. The third-order valence-corrected chi connectivity index (χ3v) is 3.62. The van der Waals surface area contributed by atoms with Crippen molar-refractivity contribution in [3.8, 4) is 5.75 Å². The van der Waals surface area contributed by atoms with E-state index in [1.807, 2.05) is 37.3 Å². The van der Waals surface area contributed by atoms with E-state index in [4.69, 9.17) is 16.3 Å². The summed E-state index contributed by atoms with van der Waals surface area (Å²) < 4.78 is 5.81. The van der Waals surface area contributed by atoms with E-state index in [0.717, 1.165) is 22.2 Å². The van der Waals surface area contributed by atoms with Crippen molar-refractivity contribution >= 4 is 27.7 Å². The second kappa shape index (κ2) is 6.16. The Morgan fingerprint density at radius 3 is 2.59 bits per heavy atom. The SMILES string of the molecule is Cc1cc(COc2ccc(C(=O)Cl)cc2)c2ccccc2n1. The minimum Gasteiger partial charge on any atom is -0.489 e. The van der Waals surface area contributed by atoms with E-state index in [1.54, 1.807) is 24.3 Å². The summed E-state index contributed by atoms with van der Waals surface area (Å²) in [5.74, 6) is 0.695. The molecular formula is C18H14ClNO2. The van der Waals surface area contributed by atoms with Crippen LogP contribution in [0.1, 0.15) is 21.6 Å². The molecular weight excluding hydrogens is 298 g/mol. The lowest BCUT2D eigenvalue weighted by molar-refractivity contribution is 0.108. The molecule has 110 valence electrons. The number of nitrogens with zero attached hydrogens (tertiary/aromatic N) is 1. The third kappa shape index (κ3) is 3.10. The van der Waals surface area contributed by atoms with E-state index < -0.39 is 5.24 Å². The fourth-order valence-electron chi connectivity index (χ4n) is 2.36. The van der Waals surface area contributed by atoms with E-state index in [9.17, 15) is 4.79 Å². The molecule has 1 heterocycles. The summed E-state index contributed by atoms with van der Waals surface area (Å²) in [7, 11) is 0. The van der Waals surface area contributed by atoms with Crippen molar-refractivity contribution in [2.75, 3.05) is 0 Å². The van der Waals surface area contributed by atoms with Gasteiger partial charge in [-0.2, -0.15) is 0 Å². The largest absolute Gasteiger partial charge is 0.489 e. The van der Waals surface area contributed by atoms with Crippen LogP contribution in [-0.2, 0) is 6.61 Å². The minimum absolute atomic E-state index is 0.443. The lowest BCUT2D eigenvalue weighted by Gasteiger charge is -2.10. The number of hydrogen-bond donors (Lipinski definition) is 0. The van der Waals surface area contributed by atoms with Crippen LogP contribution in [0.25, 0.3) is 10.9 Å². The topological polar surface area (TPSA) is 39.2 Å². The number of carbonyl (C=O) groups is 1. The van der Waals surface area contributed by atoms with Crippen LogP contribution in [0, 0.1) is 6.92 Å². The number of para-hydroxylation sites is 1. The van der Waals surface area contributed by atoms with Crippen LogP contribution in [0.5, 0.6) is 5.75 Å². The number of pyridine rings is 1. The van der Waals surface area contributed by atoms with Crippen molar-refractivity contribution in [3.63, 3.8) is 0 Å². The highest BCUT2D eigenvalue weighted by Gasteiger charge is 2.06. The van der Waals surface area contributed by atoms with Crippen LogP contribution in [0.15, 0.2) is 54.6 Å². The Morgan fingerprint density at radius 1 is 1.14 bits per heavy atom. The molecule has 0 amide bonds. The van der Waals surface area contributed by atoms with E-state index >= 15 is 0 Å². The molecule has 0 radical (unpaired) electrons. The smallest absolute Gasteiger partial charge is 0.252 e. The first-order chi connectivity index (χ1) is 10.6. The van der Waals surface area contributed by atoms with Gasteiger partial charge in [0.1, 0.15) is 12.4 Å². The molecule has 0 aliphatic carbocycles. The van der Waals surface area contributed by atoms with Gasteiger partial charge in [-0.25, -0.2) is 0 Å². The summed E-state index contributed by atoms with van der Waals surface area (Å²) in [5, 5.41) is 0.614. The number of fused-ring (bicyclic) bond motifs is 1. The molecule has 0 saturated carbocycles. The number of benzene rings is 2. The zero-order chi connectivity index (χ0) is 15.5. The van der Waals surface area contributed by atoms with Crippen molar-refractivity contribution in [1.82, 2.24) is 4.98 Å². The molecule has 3 aromatic rings. The van der Waals surface area contributed by atoms with Gasteiger partial charge in [-0.05, 0) is 54.9 Å². The number of aromatic nitrogens is 1. The first kappa shape index (κ1) is 14.5. The van der Waals surface area contributed by atoms with Crippen molar-refractivity contribution in [1.29, 1.82) is 0 Å². The van der Waals surface area contributed by atoms with E-state index in [1.165, 1.54) is 0 Å². The van der Waals surface area contributed by atoms with Crippen molar-refractivity contribution in [3.05, 3.63) is 71.4 Å². The maximum atomic E-state index is 11.0. The van der Waals surface area contributed by atoms with E-state index in [-0.39, 0.29) is 0 Å². The van der Waals surface area contributed by atoms with Crippen LogP contribution >= 0.6 is 11.6 Å². The van der Waals surface area contributed by atoms with Crippen molar-refractivity contribution in [2.24, 2.45) is 0 Å². The van der Waals surface area contributed by atoms with Gasteiger partial charge in [0.05, 0.1) is 5.52 Å². The average molecular weight is 312 g/mol. The van der Waals surface area contributed by atoms with Gasteiger partial charge in [0, 0.05) is 22.2 Å². The molecule has 4 heteroatoms. The number of hydrogen-bond acceptors (Lipinski definition) is 3. The Hall–Kier alpha value is -2.39. The zero-order valence-electron chi connectivity index (χ0n) is 12.0. The molecule has 0 unspecified atom stereocenters. The van der Waals surface area contributed by atoms with Crippen LogP contribution in [0.2, 0.25) is 0 Å². The standard InChI is InChI=1S/C18H14ClNO2/c1-12-10-14(16-4-2-3-5-17(16)20-12)11-22-15-8-6-13(7-9-15)18(19)21/h2-10H,11H2,1H3. The number of carbonyl (C=O) groups excluding carboxylic acids is 1. The molecule has 0 aliphatic heterocycles. The highest BCUT2D eigenvalue weighted by atomic mass is 35.5. The second-order valence-electron chi connectivity index (χ2n) is 5.03. The molecule has 0 saturated heterocycles. The molecule has 3 nitrogen and oxygen atoms in total. The zero-order valence-corrected chi connectivity index (χ0v) is 12.8. The summed E-state index contributed by atoms with van der Waals surface area (Å²) in [6, 6.07) is 16.8. The molecule has 22 heavy (non-hydrogen) atoms. The van der Waals surface area contributed by atoms with Gasteiger partial charge in [0.2, 0.25) is 0 Å². The van der Waals surface area contributed by atoms with Gasteiger partial charge < -0.3 is 4.74 Å². The molecule has 0 bridgehead atoms. The number of ether oxygens (including phenoxy) is 1. The molecule has 1 aromatic heterocycles. The summed E-state index contributed by atoms with van der Waals surface area (Å²) >= 11 is 5.42. The lowest BCUT2D eigenvalue weighted by Crippen LogP contribution is -1.99. The fourth-order valence-corrected chi connectivity index (χ4v) is 2.48. The molecule has 0 fully saturated rings. The highest BCUT2D eigenvalue weighted by molar-refractivity contribution is 6.67.